The van der Waals surface area contributed by atoms with E-state index in [4.69, 9.17) is 0 Å². The average Bonchev–Trinajstić information content (AvgIpc) is 2.95. The van der Waals surface area contributed by atoms with Crippen molar-refractivity contribution in [3.05, 3.63) is 53.9 Å². The standard InChI is InChI=1S/C13H15N3/c1-2-5-13-11-15(10-12(13)4-1)8-9-16-7-3-6-14-16/h1-7H,8-11H2. The van der Waals surface area contributed by atoms with Crippen LogP contribution in [0, 0.1) is 0 Å². The molecule has 0 spiro atoms. The molecule has 0 fully saturated rings. The SMILES string of the molecule is c1ccc2c(c1)CN(CCn1cccn1)C2. The Labute approximate surface area is 95.3 Å². The lowest BCUT2D eigenvalue weighted by Gasteiger charge is -2.14. The maximum absolute atomic E-state index is 4.22. The van der Waals surface area contributed by atoms with Gasteiger partial charge in [0.1, 0.15) is 0 Å². The first kappa shape index (κ1) is 9.60. The van der Waals surface area contributed by atoms with Gasteiger partial charge in [-0.15, -0.1) is 0 Å². The van der Waals surface area contributed by atoms with Crippen LogP contribution in [-0.4, -0.2) is 21.2 Å². The number of hydrogen-bond donors (Lipinski definition) is 0. The molecule has 3 rings (SSSR count). The maximum atomic E-state index is 4.22. The van der Waals surface area contributed by atoms with Gasteiger partial charge in [0, 0.05) is 32.0 Å². The third-order valence-corrected chi connectivity index (χ3v) is 3.11. The van der Waals surface area contributed by atoms with Gasteiger partial charge in [0.15, 0.2) is 0 Å². The summed E-state index contributed by atoms with van der Waals surface area (Å²) in [5.74, 6) is 0. The van der Waals surface area contributed by atoms with Gasteiger partial charge in [0.2, 0.25) is 0 Å². The minimum absolute atomic E-state index is 0.973. The molecule has 0 unspecified atom stereocenters. The van der Waals surface area contributed by atoms with E-state index in [1.54, 1.807) is 0 Å². The fraction of sp³-hybridized carbons (Fsp3) is 0.308. The summed E-state index contributed by atoms with van der Waals surface area (Å²) >= 11 is 0. The number of nitrogens with zero attached hydrogens (tertiary/aromatic N) is 3. The molecular weight excluding hydrogens is 198 g/mol. The van der Waals surface area contributed by atoms with Crippen LogP contribution in [0.2, 0.25) is 0 Å². The molecule has 0 saturated carbocycles. The van der Waals surface area contributed by atoms with Crippen molar-refractivity contribution in [3.8, 4) is 0 Å². The number of benzene rings is 1. The van der Waals surface area contributed by atoms with Crippen molar-refractivity contribution in [2.45, 2.75) is 19.6 Å². The zero-order valence-corrected chi connectivity index (χ0v) is 9.21. The number of aromatic nitrogens is 2. The van der Waals surface area contributed by atoms with Gasteiger partial charge < -0.3 is 0 Å². The molecule has 1 aromatic carbocycles. The predicted octanol–water partition coefficient (Wildman–Crippen LogP) is 1.90. The quantitative estimate of drug-likeness (QED) is 0.776. The lowest BCUT2D eigenvalue weighted by molar-refractivity contribution is 0.267. The minimum Gasteiger partial charge on any atom is -0.293 e. The van der Waals surface area contributed by atoms with Crippen LogP contribution in [0.4, 0.5) is 0 Å². The van der Waals surface area contributed by atoms with E-state index >= 15 is 0 Å². The first-order valence-corrected chi connectivity index (χ1v) is 5.68. The lowest BCUT2D eigenvalue weighted by atomic mass is 10.1. The Morgan fingerprint density at radius 3 is 2.38 bits per heavy atom. The molecule has 0 aliphatic carbocycles. The molecule has 1 aromatic heterocycles. The number of rotatable bonds is 3. The van der Waals surface area contributed by atoms with Crippen LogP contribution in [0.3, 0.4) is 0 Å². The molecule has 82 valence electrons. The number of hydrogen-bond acceptors (Lipinski definition) is 2. The van der Waals surface area contributed by atoms with Gasteiger partial charge in [-0.25, -0.2) is 0 Å². The zero-order valence-electron chi connectivity index (χ0n) is 9.21. The molecule has 1 aliphatic heterocycles. The van der Waals surface area contributed by atoms with Gasteiger partial charge in [-0.2, -0.15) is 5.10 Å². The summed E-state index contributed by atoms with van der Waals surface area (Å²) in [4.78, 5) is 2.46. The largest absolute Gasteiger partial charge is 0.293 e. The van der Waals surface area contributed by atoms with Crippen LogP contribution < -0.4 is 0 Å². The molecule has 3 nitrogen and oxygen atoms in total. The van der Waals surface area contributed by atoms with Crippen molar-refractivity contribution >= 4 is 0 Å². The van der Waals surface area contributed by atoms with Crippen molar-refractivity contribution in [2.24, 2.45) is 0 Å². The molecule has 3 heteroatoms. The molecule has 0 bridgehead atoms. The Bertz CT molecular complexity index is 437. The van der Waals surface area contributed by atoms with Gasteiger partial charge in [-0.1, -0.05) is 24.3 Å². The lowest BCUT2D eigenvalue weighted by Crippen LogP contribution is -2.22. The summed E-state index contributed by atoms with van der Waals surface area (Å²) < 4.78 is 1.99. The molecule has 2 heterocycles. The monoisotopic (exact) mass is 213 g/mol. The van der Waals surface area contributed by atoms with E-state index < -0.39 is 0 Å². The molecule has 0 amide bonds. The van der Waals surface area contributed by atoms with E-state index in [1.165, 1.54) is 11.1 Å². The van der Waals surface area contributed by atoms with Gasteiger partial charge >= 0.3 is 0 Å². The van der Waals surface area contributed by atoms with Crippen molar-refractivity contribution in [3.63, 3.8) is 0 Å². The number of fused-ring (bicyclic) bond motifs is 1. The summed E-state index contributed by atoms with van der Waals surface area (Å²) in [7, 11) is 0. The van der Waals surface area contributed by atoms with Crippen molar-refractivity contribution in [1.82, 2.24) is 14.7 Å². The van der Waals surface area contributed by atoms with Crippen LogP contribution in [0.15, 0.2) is 42.7 Å². The van der Waals surface area contributed by atoms with E-state index in [-0.39, 0.29) is 0 Å². The molecular formula is C13H15N3. The summed E-state index contributed by atoms with van der Waals surface area (Å²) in [6.45, 7) is 4.20. The Morgan fingerprint density at radius 1 is 1.00 bits per heavy atom. The van der Waals surface area contributed by atoms with Crippen LogP contribution in [0.25, 0.3) is 0 Å². The van der Waals surface area contributed by atoms with Gasteiger partial charge in [-0.3, -0.25) is 9.58 Å². The Balaban J connectivity index is 1.60. The van der Waals surface area contributed by atoms with Crippen LogP contribution in [-0.2, 0) is 19.6 Å². The fourth-order valence-corrected chi connectivity index (χ4v) is 2.24. The van der Waals surface area contributed by atoms with Gasteiger partial charge in [0.25, 0.3) is 0 Å². The Kier molecular flexibility index (Phi) is 2.46. The molecule has 0 N–H and O–H groups in total. The van der Waals surface area contributed by atoms with E-state index in [0.717, 1.165) is 26.2 Å². The molecule has 1 aliphatic rings. The zero-order chi connectivity index (χ0) is 10.8. The summed E-state index contributed by atoms with van der Waals surface area (Å²) in [5.41, 5.74) is 2.95. The highest BCUT2D eigenvalue weighted by Gasteiger charge is 2.17. The first-order chi connectivity index (χ1) is 7.92. The molecule has 0 saturated heterocycles. The third-order valence-electron chi connectivity index (χ3n) is 3.11. The first-order valence-electron chi connectivity index (χ1n) is 5.68. The second-order valence-electron chi connectivity index (χ2n) is 4.25. The molecule has 2 aromatic rings. The second-order valence-corrected chi connectivity index (χ2v) is 4.25. The van der Waals surface area contributed by atoms with Crippen LogP contribution in [0.5, 0.6) is 0 Å². The highest BCUT2D eigenvalue weighted by atomic mass is 15.3. The van der Waals surface area contributed by atoms with Gasteiger partial charge in [0.05, 0.1) is 6.54 Å². The van der Waals surface area contributed by atoms with Crippen molar-refractivity contribution in [2.75, 3.05) is 6.54 Å². The van der Waals surface area contributed by atoms with Crippen LogP contribution in [0.1, 0.15) is 11.1 Å². The van der Waals surface area contributed by atoms with Gasteiger partial charge in [-0.05, 0) is 17.2 Å². The summed E-state index contributed by atoms with van der Waals surface area (Å²) in [6.07, 6.45) is 3.85. The second kappa shape index (κ2) is 4.10. The van der Waals surface area contributed by atoms with Crippen LogP contribution >= 0.6 is 0 Å². The van der Waals surface area contributed by atoms with E-state index in [9.17, 15) is 0 Å². The van der Waals surface area contributed by atoms with E-state index in [0.29, 0.717) is 0 Å². The molecule has 0 radical (unpaired) electrons. The average molecular weight is 213 g/mol. The van der Waals surface area contributed by atoms with E-state index in [1.807, 2.05) is 23.1 Å². The minimum atomic E-state index is 0.973. The van der Waals surface area contributed by atoms with Crippen molar-refractivity contribution in [1.29, 1.82) is 0 Å². The maximum Gasteiger partial charge on any atom is 0.0536 e. The molecule has 16 heavy (non-hydrogen) atoms. The predicted molar refractivity (Wildman–Crippen MR) is 62.8 cm³/mol. The van der Waals surface area contributed by atoms with E-state index in [2.05, 4.69) is 34.3 Å². The normalized spacial score (nSPS) is 15.2. The van der Waals surface area contributed by atoms with Crippen molar-refractivity contribution < 1.29 is 0 Å². The highest BCUT2D eigenvalue weighted by molar-refractivity contribution is 5.30. The fourth-order valence-electron chi connectivity index (χ4n) is 2.24. The Hall–Kier alpha value is -1.61. The Morgan fingerprint density at radius 2 is 1.75 bits per heavy atom. The summed E-state index contributed by atoms with van der Waals surface area (Å²) in [6, 6.07) is 10.7. The highest BCUT2D eigenvalue weighted by Crippen LogP contribution is 2.21. The smallest absolute Gasteiger partial charge is 0.0536 e. The third kappa shape index (κ3) is 1.86. The molecule has 0 atom stereocenters. The topological polar surface area (TPSA) is 21.1 Å². The summed E-state index contributed by atoms with van der Waals surface area (Å²) in [5, 5.41) is 4.22.